The number of carbonyl (C=O) groups is 1. The van der Waals surface area contributed by atoms with E-state index in [9.17, 15) is 4.79 Å². The number of aromatic amines is 1. The number of aromatic nitrogens is 2. The van der Waals surface area contributed by atoms with Gasteiger partial charge in [-0.25, -0.2) is 4.98 Å². The highest BCUT2D eigenvalue weighted by atomic mass is 32.1. The maximum absolute atomic E-state index is 12.0. The second kappa shape index (κ2) is 4.86. The number of H-pyrrole nitrogens is 1. The molecular weight excluding hydrogens is 276 g/mol. The van der Waals surface area contributed by atoms with E-state index in [1.54, 1.807) is 19.4 Å². The molecule has 0 saturated heterocycles. The molecule has 0 bridgehead atoms. The molecule has 0 radical (unpaired) electrons. The Balaban J connectivity index is 1.85. The van der Waals surface area contributed by atoms with Gasteiger partial charge in [-0.2, -0.15) is 0 Å². The van der Waals surface area contributed by atoms with Crippen molar-refractivity contribution in [1.82, 2.24) is 9.97 Å². The van der Waals surface area contributed by atoms with Crippen molar-refractivity contribution in [2.45, 2.75) is 0 Å². The van der Waals surface area contributed by atoms with Gasteiger partial charge in [0.25, 0.3) is 5.91 Å². The third-order valence-electron chi connectivity index (χ3n) is 2.77. The summed E-state index contributed by atoms with van der Waals surface area (Å²) in [4.78, 5) is 19.1. The summed E-state index contributed by atoms with van der Waals surface area (Å²) in [6.07, 6.45) is 1.57. The largest absolute Gasteiger partial charge is 0.497 e. The molecule has 3 rings (SSSR count). The second-order valence-corrected chi connectivity index (χ2v) is 5.18. The van der Waals surface area contributed by atoms with E-state index in [0.29, 0.717) is 16.5 Å². The highest BCUT2D eigenvalue weighted by Crippen LogP contribution is 2.29. The first-order valence-electron chi connectivity index (χ1n) is 5.85. The Morgan fingerprint density at radius 3 is 3.00 bits per heavy atom. The van der Waals surface area contributed by atoms with Crippen LogP contribution in [-0.4, -0.2) is 23.0 Å². The van der Waals surface area contributed by atoms with Crippen LogP contribution in [0.3, 0.4) is 0 Å². The number of amides is 1. The van der Waals surface area contributed by atoms with Crippen LogP contribution in [0.4, 0.5) is 10.8 Å². The van der Waals surface area contributed by atoms with Crippen molar-refractivity contribution >= 4 is 38.3 Å². The number of nitrogen functional groups attached to an aromatic ring is 1. The van der Waals surface area contributed by atoms with Crippen LogP contribution in [0.5, 0.6) is 5.75 Å². The lowest BCUT2D eigenvalue weighted by atomic mass is 10.3. The average Bonchev–Trinajstić information content (AvgIpc) is 3.03. The van der Waals surface area contributed by atoms with Crippen molar-refractivity contribution in [3.05, 3.63) is 36.2 Å². The second-order valence-electron chi connectivity index (χ2n) is 4.15. The maximum Gasteiger partial charge on any atom is 0.273 e. The normalized spacial score (nSPS) is 10.7. The fourth-order valence-electron chi connectivity index (χ4n) is 1.79. The molecule has 4 N–H and O–H groups in total. The van der Waals surface area contributed by atoms with Crippen molar-refractivity contribution in [2.75, 3.05) is 18.2 Å². The van der Waals surface area contributed by atoms with Crippen LogP contribution in [0.25, 0.3) is 10.2 Å². The summed E-state index contributed by atoms with van der Waals surface area (Å²) in [6, 6.07) is 7.15. The molecule has 0 unspecified atom stereocenters. The molecule has 0 saturated carbocycles. The molecule has 0 fully saturated rings. The lowest BCUT2D eigenvalue weighted by molar-refractivity contribution is 0.102. The molecule has 0 aliphatic heterocycles. The summed E-state index contributed by atoms with van der Waals surface area (Å²) in [6.45, 7) is 0. The van der Waals surface area contributed by atoms with Crippen LogP contribution in [-0.2, 0) is 0 Å². The Kier molecular flexibility index (Phi) is 3.03. The molecule has 0 aliphatic carbocycles. The first-order chi connectivity index (χ1) is 9.65. The summed E-state index contributed by atoms with van der Waals surface area (Å²) < 4.78 is 6.11. The molecular formula is C13H12N4O2S. The number of nitrogens with zero attached hydrogens (tertiary/aromatic N) is 1. The van der Waals surface area contributed by atoms with Gasteiger partial charge in [-0.3, -0.25) is 10.1 Å². The van der Waals surface area contributed by atoms with Gasteiger partial charge in [-0.05, 0) is 24.3 Å². The van der Waals surface area contributed by atoms with Crippen molar-refractivity contribution < 1.29 is 9.53 Å². The lowest BCUT2D eigenvalue weighted by Gasteiger charge is -1.97. The maximum atomic E-state index is 12.0. The summed E-state index contributed by atoms with van der Waals surface area (Å²) >= 11 is 1.39. The predicted octanol–water partition coefficient (Wildman–Crippen LogP) is 2.47. The zero-order valence-electron chi connectivity index (χ0n) is 10.6. The summed E-state index contributed by atoms with van der Waals surface area (Å²) in [5.41, 5.74) is 7.30. The SMILES string of the molecule is COc1ccc2nc(NC(=O)c3cc(N)c[nH]3)sc2c1. The third kappa shape index (κ3) is 2.30. The summed E-state index contributed by atoms with van der Waals surface area (Å²) in [5, 5.41) is 3.27. The third-order valence-corrected chi connectivity index (χ3v) is 3.70. The van der Waals surface area contributed by atoms with E-state index in [1.807, 2.05) is 18.2 Å². The Morgan fingerprint density at radius 2 is 2.30 bits per heavy atom. The van der Waals surface area contributed by atoms with Gasteiger partial charge in [0.1, 0.15) is 11.4 Å². The van der Waals surface area contributed by atoms with Gasteiger partial charge in [0.2, 0.25) is 0 Å². The van der Waals surface area contributed by atoms with E-state index >= 15 is 0 Å². The van der Waals surface area contributed by atoms with Crippen LogP contribution in [0, 0.1) is 0 Å². The first kappa shape index (κ1) is 12.5. The summed E-state index contributed by atoms with van der Waals surface area (Å²) in [5.74, 6) is 0.490. The van der Waals surface area contributed by atoms with Crippen LogP contribution in [0.15, 0.2) is 30.5 Å². The minimum Gasteiger partial charge on any atom is -0.497 e. The Hall–Kier alpha value is -2.54. The van der Waals surface area contributed by atoms with Crippen molar-refractivity contribution in [3.8, 4) is 5.75 Å². The molecule has 6 nitrogen and oxygen atoms in total. The molecule has 7 heteroatoms. The van der Waals surface area contributed by atoms with E-state index in [2.05, 4.69) is 15.3 Å². The molecule has 3 aromatic rings. The number of ether oxygens (including phenoxy) is 1. The average molecular weight is 288 g/mol. The van der Waals surface area contributed by atoms with Crippen molar-refractivity contribution in [3.63, 3.8) is 0 Å². The van der Waals surface area contributed by atoms with Crippen LogP contribution in [0.2, 0.25) is 0 Å². The molecule has 1 amide bonds. The van der Waals surface area contributed by atoms with Crippen LogP contribution in [0.1, 0.15) is 10.5 Å². The number of thiazole rings is 1. The monoisotopic (exact) mass is 288 g/mol. The van der Waals surface area contributed by atoms with Crippen LogP contribution < -0.4 is 15.8 Å². The standard InChI is InChI=1S/C13H12N4O2S/c1-19-8-2-3-9-11(5-8)20-13(16-9)17-12(18)10-4-7(14)6-15-10/h2-6,15H,14H2,1H3,(H,16,17,18). The number of rotatable bonds is 3. The van der Waals surface area contributed by atoms with Gasteiger partial charge in [0.15, 0.2) is 5.13 Å². The Bertz CT molecular complexity index is 778. The fourth-order valence-corrected chi connectivity index (χ4v) is 2.68. The highest BCUT2D eigenvalue weighted by Gasteiger charge is 2.11. The van der Waals surface area contributed by atoms with Crippen molar-refractivity contribution in [2.24, 2.45) is 0 Å². The number of methoxy groups -OCH3 is 1. The molecule has 0 aliphatic rings. The molecule has 1 aromatic carbocycles. The van der Waals surface area contributed by atoms with Crippen molar-refractivity contribution in [1.29, 1.82) is 0 Å². The number of anilines is 2. The Labute approximate surface area is 118 Å². The quantitative estimate of drug-likeness (QED) is 0.690. The molecule has 0 spiro atoms. The number of hydrogen-bond donors (Lipinski definition) is 3. The lowest BCUT2D eigenvalue weighted by Crippen LogP contribution is -2.11. The fraction of sp³-hybridized carbons (Fsp3) is 0.0769. The topological polar surface area (TPSA) is 93.0 Å². The highest BCUT2D eigenvalue weighted by molar-refractivity contribution is 7.22. The zero-order chi connectivity index (χ0) is 14.1. The van der Waals surface area contributed by atoms with Gasteiger partial charge in [-0.15, -0.1) is 0 Å². The van der Waals surface area contributed by atoms with Gasteiger partial charge in [0, 0.05) is 11.9 Å². The smallest absolute Gasteiger partial charge is 0.273 e. The number of benzene rings is 1. The predicted molar refractivity (Wildman–Crippen MR) is 79.3 cm³/mol. The number of hydrogen-bond acceptors (Lipinski definition) is 5. The van der Waals surface area contributed by atoms with Gasteiger partial charge in [0.05, 0.1) is 17.3 Å². The minimum atomic E-state index is -0.271. The molecule has 2 heterocycles. The van der Waals surface area contributed by atoms with E-state index < -0.39 is 0 Å². The number of carbonyl (C=O) groups excluding carboxylic acids is 1. The van der Waals surface area contributed by atoms with Crippen LogP contribution >= 0.6 is 11.3 Å². The zero-order valence-corrected chi connectivity index (χ0v) is 11.5. The number of nitrogens with one attached hydrogen (secondary N) is 2. The first-order valence-corrected chi connectivity index (χ1v) is 6.67. The van der Waals surface area contributed by atoms with E-state index in [-0.39, 0.29) is 5.91 Å². The van der Waals surface area contributed by atoms with E-state index in [1.165, 1.54) is 11.3 Å². The molecule has 2 aromatic heterocycles. The van der Waals surface area contributed by atoms with E-state index in [0.717, 1.165) is 16.0 Å². The molecule has 20 heavy (non-hydrogen) atoms. The van der Waals surface area contributed by atoms with E-state index in [4.69, 9.17) is 10.5 Å². The van der Waals surface area contributed by atoms with Gasteiger partial charge < -0.3 is 15.5 Å². The number of fused-ring (bicyclic) bond motifs is 1. The minimum absolute atomic E-state index is 0.271. The molecule has 0 atom stereocenters. The number of nitrogens with two attached hydrogens (primary N) is 1. The van der Waals surface area contributed by atoms with Gasteiger partial charge >= 0.3 is 0 Å². The summed E-state index contributed by atoms with van der Waals surface area (Å²) in [7, 11) is 1.61. The molecule has 102 valence electrons. The van der Waals surface area contributed by atoms with Gasteiger partial charge in [-0.1, -0.05) is 11.3 Å². The Morgan fingerprint density at radius 1 is 1.45 bits per heavy atom.